The van der Waals surface area contributed by atoms with Gasteiger partial charge in [0.15, 0.2) is 0 Å². The lowest BCUT2D eigenvalue weighted by Crippen LogP contribution is -2.37. The fourth-order valence-electron chi connectivity index (χ4n) is 3.97. The predicted octanol–water partition coefficient (Wildman–Crippen LogP) is 2.92. The lowest BCUT2D eigenvalue weighted by Gasteiger charge is -2.36. The highest BCUT2D eigenvalue weighted by atomic mass is 16.1. The Balaban J connectivity index is 1.61. The Kier molecular flexibility index (Phi) is 4.34. The molecular formula is C20H25N5O. The molecule has 136 valence electrons. The quantitative estimate of drug-likeness (QED) is 0.921. The van der Waals surface area contributed by atoms with Crippen molar-refractivity contribution in [1.29, 1.82) is 0 Å². The molecule has 1 saturated heterocycles. The van der Waals surface area contributed by atoms with Gasteiger partial charge in [0, 0.05) is 37.2 Å². The Bertz CT molecular complexity index is 799. The number of nitrogens with one attached hydrogen (secondary N) is 1. The van der Waals surface area contributed by atoms with Crippen LogP contribution < -0.4 is 10.2 Å². The first-order valence-electron chi connectivity index (χ1n) is 9.33. The van der Waals surface area contributed by atoms with Crippen LogP contribution in [0.1, 0.15) is 60.8 Å². The van der Waals surface area contributed by atoms with Crippen LogP contribution in [-0.2, 0) is 6.42 Å². The molecule has 1 amide bonds. The van der Waals surface area contributed by atoms with E-state index in [1.807, 2.05) is 6.20 Å². The SMILES string of the molecule is CC1(C)Cc2nc(N3CCCC3)ncc2C(NC(=O)c2cccnc2)C1. The van der Waals surface area contributed by atoms with Crippen LogP contribution in [0, 0.1) is 5.41 Å². The van der Waals surface area contributed by atoms with Crippen molar-refractivity contribution in [2.24, 2.45) is 5.41 Å². The maximum absolute atomic E-state index is 12.6. The number of hydrogen-bond acceptors (Lipinski definition) is 5. The number of nitrogens with zero attached hydrogens (tertiary/aromatic N) is 4. The van der Waals surface area contributed by atoms with Crippen molar-refractivity contribution in [2.45, 2.75) is 45.6 Å². The van der Waals surface area contributed by atoms with Gasteiger partial charge in [-0.1, -0.05) is 13.8 Å². The lowest BCUT2D eigenvalue weighted by atomic mass is 9.74. The minimum absolute atomic E-state index is 0.0749. The van der Waals surface area contributed by atoms with Gasteiger partial charge in [-0.15, -0.1) is 0 Å². The van der Waals surface area contributed by atoms with Crippen LogP contribution in [0.4, 0.5) is 5.95 Å². The van der Waals surface area contributed by atoms with Gasteiger partial charge in [0.2, 0.25) is 5.95 Å². The molecule has 0 radical (unpaired) electrons. The molecule has 1 atom stereocenters. The summed E-state index contributed by atoms with van der Waals surface area (Å²) in [7, 11) is 0. The molecule has 0 bridgehead atoms. The van der Waals surface area contributed by atoms with Crippen LogP contribution in [0.5, 0.6) is 0 Å². The summed E-state index contributed by atoms with van der Waals surface area (Å²) in [5, 5.41) is 3.16. The molecule has 1 aliphatic carbocycles. The number of hydrogen-bond donors (Lipinski definition) is 1. The molecular weight excluding hydrogens is 326 g/mol. The summed E-state index contributed by atoms with van der Waals surface area (Å²) < 4.78 is 0. The van der Waals surface area contributed by atoms with Gasteiger partial charge in [0.1, 0.15) is 0 Å². The number of amides is 1. The maximum Gasteiger partial charge on any atom is 0.253 e. The Morgan fingerprint density at radius 1 is 1.27 bits per heavy atom. The fraction of sp³-hybridized carbons (Fsp3) is 0.500. The zero-order valence-electron chi connectivity index (χ0n) is 15.4. The van der Waals surface area contributed by atoms with E-state index in [1.54, 1.807) is 24.5 Å². The van der Waals surface area contributed by atoms with Crippen molar-refractivity contribution in [3.8, 4) is 0 Å². The number of anilines is 1. The molecule has 0 spiro atoms. The van der Waals surface area contributed by atoms with Gasteiger partial charge >= 0.3 is 0 Å². The van der Waals surface area contributed by atoms with Gasteiger partial charge < -0.3 is 10.2 Å². The molecule has 1 N–H and O–H groups in total. The third kappa shape index (κ3) is 3.41. The second-order valence-electron chi connectivity index (χ2n) is 8.08. The molecule has 0 aromatic carbocycles. The standard InChI is InChI=1S/C20H25N5O/c1-20(2)10-16(23-18(26)14-6-5-7-21-12-14)15-13-22-19(24-17(15)11-20)25-8-3-4-9-25/h5-7,12-13,16H,3-4,8-11H2,1-2H3,(H,23,26). The molecule has 1 unspecified atom stereocenters. The fourth-order valence-corrected chi connectivity index (χ4v) is 3.97. The molecule has 3 heterocycles. The molecule has 6 heteroatoms. The van der Waals surface area contributed by atoms with Crippen molar-refractivity contribution in [3.05, 3.63) is 47.5 Å². The topological polar surface area (TPSA) is 71.0 Å². The summed E-state index contributed by atoms with van der Waals surface area (Å²) in [4.78, 5) is 28.4. The maximum atomic E-state index is 12.6. The smallest absolute Gasteiger partial charge is 0.253 e. The lowest BCUT2D eigenvalue weighted by molar-refractivity contribution is 0.0918. The van der Waals surface area contributed by atoms with E-state index < -0.39 is 0 Å². The van der Waals surface area contributed by atoms with Crippen LogP contribution in [0.15, 0.2) is 30.7 Å². The molecule has 6 nitrogen and oxygen atoms in total. The van der Waals surface area contributed by atoms with Crippen LogP contribution in [0.3, 0.4) is 0 Å². The van der Waals surface area contributed by atoms with Gasteiger partial charge in [-0.25, -0.2) is 9.97 Å². The highest BCUT2D eigenvalue weighted by Gasteiger charge is 2.35. The molecule has 1 fully saturated rings. The van der Waals surface area contributed by atoms with Crippen LogP contribution in [0.25, 0.3) is 0 Å². The van der Waals surface area contributed by atoms with Crippen molar-refractivity contribution >= 4 is 11.9 Å². The van der Waals surface area contributed by atoms with Crippen molar-refractivity contribution in [2.75, 3.05) is 18.0 Å². The number of rotatable bonds is 3. The van der Waals surface area contributed by atoms with Crippen LogP contribution in [0.2, 0.25) is 0 Å². The monoisotopic (exact) mass is 351 g/mol. The van der Waals surface area contributed by atoms with E-state index >= 15 is 0 Å². The number of fused-ring (bicyclic) bond motifs is 1. The van der Waals surface area contributed by atoms with Crippen molar-refractivity contribution < 1.29 is 4.79 Å². The molecule has 26 heavy (non-hydrogen) atoms. The van der Waals surface area contributed by atoms with Gasteiger partial charge in [0.25, 0.3) is 5.91 Å². The van der Waals surface area contributed by atoms with E-state index in [-0.39, 0.29) is 17.4 Å². The number of carbonyl (C=O) groups is 1. The molecule has 2 aromatic heterocycles. The molecule has 4 rings (SSSR count). The molecule has 2 aliphatic rings. The van der Waals surface area contributed by atoms with E-state index in [0.29, 0.717) is 5.56 Å². The second kappa shape index (κ2) is 6.67. The zero-order chi connectivity index (χ0) is 18.1. The summed E-state index contributed by atoms with van der Waals surface area (Å²) in [5.41, 5.74) is 2.77. The number of carbonyl (C=O) groups excluding carboxylic acids is 1. The summed E-state index contributed by atoms with van der Waals surface area (Å²) in [5.74, 6) is 0.728. The number of aromatic nitrogens is 3. The Hall–Kier alpha value is -2.50. The van der Waals surface area contributed by atoms with E-state index in [4.69, 9.17) is 4.98 Å². The average molecular weight is 351 g/mol. The summed E-state index contributed by atoms with van der Waals surface area (Å²) >= 11 is 0. The van der Waals surface area contributed by atoms with Gasteiger partial charge in [-0.3, -0.25) is 9.78 Å². The van der Waals surface area contributed by atoms with Crippen LogP contribution >= 0.6 is 0 Å². The van der Waals surface area contributed by atoms with Crippen molar-refractivity contribution in [1.82, 2.24) is 20.3 Å². The third-order valence-corrected chi connectivity index (χ3v) is 5.28. The van der Waals surface area contributed by atoms with Gasteiger partial charge in [0.05, 0.1) is 17.3 Å². The first-order valence-corrected chi connectivity index (χ1v) is 9.33. The van der Waals surface area contributed by atoms with E-state index in [0.717, 1.165) is 43.1 Å². The van der Waals surface area contributed by atoms with Crippen LogP contribution in [-0.4, -0.2) is 33.9 Å². The largest absolute Gasteiger partial charge is 0.345 e. The van der Waals surface area contributed by atoms with E-state index in [2.05, 4.69) is 34.0 Å². The number of pyridine rings is 1. The summed E-state index contributed by atoms with van der Waals surface area (Å²) in [6.07, 6.45) is 9.37. The van der Waals surface area contributed by atoms with E-state index in [1.165, 1.54) is 12.8 Å². The summed E-state index contributed by atoms with van der Waals surface area (Å²) in [6.45, 7) is 6.53. The highest BCUT2D eigenvalue weighted by molar-refractivity contribution is 5.94. The second-order valence-corrected chi connectivity index (χ2v) is 8.08. The first-order chi connectivity index (χ1) is 12.5. The first kappa shape index (κ1) is 16.9. The van der Waals surface area contributed by atoms with Gasteiger partial charge in [-0.2, -0.15) is 0 Å². The minimum atomic E-state index is -0.102. The molecule has 1 aliphatic heterocycles. The Morgan fingerprint density at radius 3 is 2.81 bits per heavy atom. The molecule has 2 aromatic rings. The summed E-state index contributed by atoms with van der Waals surface area (Å²) in [6, 6.07) is 3.48. The predicted molar refractivity (Wildman–Crippen MR) is 100 cm³/mol. The Labute approximate surface area is 154 Å². The molecule has 0 saturated carbocycles. The van der Waals surface area contributed by atoms with E-state index in [9.17, 15) is 4.79 Å². The highest BCUT2D eigenvalue weighted by Crippen LogP contribution is 2.40. The zero-order valence-corrected chi connectivity index (χ0v) is 15.4. The third-order valence-electron chi connectivity index (χ3n) is 5.28. The van der Waals surface area contributed by atoms with Gasteiger partial charge in [-0.05, 0) is 43.2 Å². The average Bonchev–Trinajstić information content (AvgIpc) is 3.15. The minimum Gasteiger partial charge on any atom is -0.345 e. The normalized spacial score (nSPS) is 21.3. The van der Waals surface area contributed by atoms with Crippen molar-refractivity contribution in [3.63, 3.8) is 0 Å². The Morgan fingerprint density at radius 2 is 2.08 bits per heavy atom.